The van der Waals surface area contributed by atoms with Crippen LogP contribution in [0, 0.1) is 0 Å². The number of rotatable bonds is 1. The van der Waals surface area contributed by atoms with Crippen LogP contribution in [-0.4, -0.2) is 16.2 Å². The molecule has 0 atom stereocenters. The van der Waals surface area contributed by atoms with Gasteiger partial charge >= 0.3 is 5.97 Å². The van der Waals surface area contributed by atoms with Gasteiger partial charge in [0.1, 0.15) is 11.3 Å². The Bertz CT molecular complexity index is 412. The molecule has 0 fully saturated rings. The molecule has 3 nitrogen and oxygen atoms in total. The van der Waals surface area contributed by atoms with Gasteiger partial charge in [0.25, 0.3) is 0 Å². The third kappa shape index (κ3) is 1.24. The van der Waals surface area contributed by atoms with Crippen molar-refractivity contribution in [2.45, 2.75) is 19.3 Å². The van der Waals surface area contributed by atoms with Crippen LogP contribution in [0.4, 0.5) is 0 Å². The van der Waals surface area contributed by atoms with Crippen LogP contribution >= 0.6 is 11.6 Å². The fraction of sp³-hybridized carbons (Fsp3) is 0.300. The molecule has 1 aliphatic rings. The van der Waals surface area contributed by atoms with Gasteiger partial charge in [-0.1, -0.05) is 11.6 Å². The van der Waals surface area contributed by atoms with Crippen LogP contribution in [0.25, 0.3) is 0 Å². The summed E-state index contributed by atoms with van der Waals surface area (Å²) in [7, 11) is 0. The smallest absolute Gasteiger partial charge is 0.339 e. The minimum absolute atomic E-state index is 0.101. The number of halogens is 1. The largest absolute Gasteiger partial charge is 0.505 e. The summed E-state index contributed by atoms with van der Waals surface area (Å²) >= 11 is 5.87. The van der Waals surface area contributed by atoms with Gasteiger partial charge in [-0.3, -0.25) is 0 Å². The van der Waals surface area contributed by atoms with Crippen LogP contribution in [0.15, 0.2) is 6.07 Å². The molecule has 0 unspecified atom stereocenters. The van der Waals surface area contributed by atoms with Crippen LogP contribution in [0.3, 0.4) is 0 Å². The Hall–Kier alpha value is -1.22. The van der Waals surface area contributed by atoms with Gasteiger partial charge in [0, 0.05) is 0 Å². The fourth-order valence-electron chi connectivity index (χ4n) is 1.84. The van der Waals surface area contributed by atoms with Crippen LogP contribution in [-0.2, 0) is 12.8 Å². The van der Waals surface area contributed by atoms with E-state index >= 15 is 0 Å². The minimum atomic E-state index is -1.14. The number of phenols is 1. The molecular weight excluding hydrogens is 204 g/mol. The Kier molecular flexibility index (Phi) is 2.11. The molecule has 0 radical (unpaired) electrons. The number of fused-ring (bicyclic) bond motifs is 1. The summed E-state index contributed by atoms with van der Waals surface area (Å²) in [6.07, 6.45) is 2.63. The summed E-state index contributed by atoms with van der Waals surface area (Å²) in [5.41, 5.74) is 1.75. The molecule has 0 heterocycles. The molecule has 0 bridgehead atoms. The molecule has 1 aromatic carbocycles. The zero-order valence-electron chi connectivity index (χ0n) is 7.38. The Morgan fingerprint density at radius 1 is 1.43 bits per heavy atom. The van der Waals surface area contributed by atoms with Gasteiger partial charge in [-0.2, -0.15) is 0 Å². The maximum atomic E-state index is 10.8. The molecule has 0 spiro atoms. The van der Waals surface area contributed by atoms with Gasteiger partial charge in [0.15, 0.2) is 0 Å². The summed E-state index contributed by atoms with van der Waals surface area (Å²) in [6.45, 7) is 0. The number of carbonyl (C=O) groups is 1. The third-order valence-corrected chi connectivity index (χ3v) is 2.94. The number of aromatic hydroxyl groups is 1. The fourth-order valence-corrected chi connectivity index (χ4v) is 2.16. The topological polar surface area (TPSA) is 57.5 Å². The summed E-state index contributed by atoms with van der Waals surface area (Å²) < 4.78 is 0. The lowest BCUT2D eigenvalue weighted by atomic mass is 10.1. The first-order chi connectivity index (χ1) is 6.61. The second-order valence-electron chi connectivity index (χ2n) is 3.38. The molecule has 0 aliphatic heterocycles. The predicted molar refractivity (Wildman–Crippen MR) is 52.1 cm³/mol. The maximum Gasteiger partial charge on any atom is 0.339 e. The summed E-state index contributed by atoms with van der Waals surface area (Å²) in [5.74, 6) is -1.45. The van der Waals surface area contributed by atoms with Crippen molar-refractivity contribution in [2.75, 3.05) is 0 Å². The Balaban J connectivity index is 2.67. The standard InChI is InChI=1S/C10H9ClO3/c11-8-6-3-1-2-5(6)4-7(9(8)12)10(13)14/h4,12H,1-3H2,(H,13,14). The van der Waals surface area contributed by atoms with E-state index in [4.69, 9.17) is 16.7 Å². The third-order valence-electron chi connectivity index (χ3n) is 2.54. The Morgan fingerprint density at radius 2 is 2.14 bits per heavy atom. The van der Waals surface area contributed by atoms with Crippen LogP contribution in [0.5, 0.6) is 5.75 Å². The van der Waals surface area contributed by atoms with Gasteiger partial charge in [-0.05, 0) is 36.5 Å². The zero-order valence-corrected chi connectivity index (χ0v) is 8.14. The van der Waals surface area contributed by atoms with Crippen molar-refractivity contribution in [3.8, 4) is 5.75 Å². The summed E-state index contributed by atoms with van der Waals surface area (Å²) in [6, 6.07) is 1.52. The van der Waals surface area contributed by atoms with E-state index in [1.54, 1.807) is 0 Å². The van der Waals surface area contributed by atoms with Crippen molar-refractivity contribution < 1.29 is 15.0 Å². The molecule has 0 saturated heterocycles. The van der Waals surface area contributed by atoms with Crippen molar-refractivity contribution >= 4 is 17.6 Å². The molecule has 14 heavy (non-hydrogen) atoms. The Morgan fingerprint density at radius 3 is 2.79 bits per heavy atom. The molecule has 1 aliphatic carbocycles. The number of aryl methyl sites for hydroxylation is 1. The zero-order chi connectivity index (χ0) is 10.3. The predicted octanol–water partition coefficient (Wildman–Crippen LogP) is 2.23. The van der Waals surface area contributed by atoms with E-state index in [-0.39, 0.29) is 16.3 Å². The molecule has 0 saturated carbocycles. The number of hydrogen-bond acceptors (Lipinski definition) is 2. The van der Waals surface area contributed by atoms with Crippen molar-refractivity contribution in [3.63, 3.8) is 0 Å². The van der Waals surface area contributed by atoms with Crippen molar-refractivity contribution in [1.82, 2.24) is 0 Å². The number of carboxylic acids is 1. The highest BCUT2D eigenvalue weighted by molar-refractivity contribution is 6.33. The molecule has 74 valence electrons. The van der Waals surface area contributed by atoms with Gasteiger partial charge < -0.3 is 10.2 Å². The lowest BCUT2D eigenvalue weighted by Crippen LogP contribution is -1.99. The van der Waals surface area contributed by atoms with Gasteiger partial charge in [-0.15, -0.1) is 0 Å². The number of benzene rings is 1. The van der Waals surface area contributed by atoms with Crippen molar-refractivity contribution in [2.24, 2.45) is 0 Å². The van der Waals surface area contributed by atoms with E-state index < -0.39 is 5.97 Å². The molecule has 2 rings (SSSR count). The average Bonchev–Trinajstić information content (AvgIpc) is 2.58. The van der Waals surface area contributed by atoms with E-state index in [2.05, 4.69) is 0 Å². The molecule has 0 aromatic heterocycles. The van der Waals surface area contributed by atoms with Gasteiger partial charge in [0.05, 0.1) is 5.02 Å². The normalized spacial score (nSPS) is 14.1. The van der Waals surface area contributed by atoms with E-state index in [0.717, 1.165) is 30.4 Å². The molecular formula is C10H9ClO3. The number of aromatic carboxylic acids is 1. The maximum absolute atomic E-state index is 10.8. The van der Waals surface area contributed by atoms with Crippen LogP contribution in [0.1, 0.15) is 27.9 Å². The monoisotopic (exact) mass is 212 g/mol. The van der Waals surface area contributed by atoms with E-state index in [9.17, 15) is 9.90 Å². The average molecular weight is 213 g/mol. The molecule has 0 amide bonds. The minimum Gasteiger partial charge on any atom is -0.505 e. The highest BCUT2D eigenvalue weighted by Gasteiger charge is 2.22. The first-order valence-electron chi connectivity index (χ1n) is 4.37. The van der Waals surface area contributed by atoms with Crippen molar-refractivity contribution in [3.05, 3.63) is 27.8 Å². The SMILES string of the molecule is O=C(O)c1cc2c(c(Cl)c1O)CCC2. The van der Waals surface area contributed by atoms with Gasteiger partial charge in [0.2, 0.25) is 0 Å². The lowest BCUT2D eigenvalue weighted by molar-refractivity contribution is 0.0693. The van der Waals surface area contributed by atoms with Crippen molar-refractivity contribution in [1.29, 1.82) is 0 Å². The van der Waals surface area contributed by atoms with Crippen LogP contribution < -0.4 is 0 Å². The number of hydrogen-bond donors (Lipinski definition) is 2. The second kappa shape index (κ2) is 3.17. The number of carboxylic acid groups (broad SMARTS) is 1. The van der Waals surface area contributed by atoms with E-state index in [0.29, 0.717) is 0 Å². The van der Waals surface area contributed by atoms with E-state index in [1.165, 1.54) is 6.07 Å². The van der Waals surface area contributed by atoms with Crippen LogP contribution in [0.2, 0.25) is 5.02 Å². The molecule has 2 N–H and O–H groups in total. The summed E-state index contributed by atoms with van der Waals surface area (Å²) in [5, 5.41) is 18.5. The second-order valence-corrected chi connectivity index (χ2v) is 3.76. The Labute approximate surface area is 85.9 Å². The first kappa shape index (κ1) is 9.34. The highest BCUT2D eigenvalue weighted by atomic mass is 35.5. The highest BCUT2D eigenvalue weighted by Crippen LogP contribution is 2.37. The molecule has 4 heteroatoms. The lowest BCUT2D eigenvalue weighted by Gasteiger charge is -2.07. The summed E-state index contributed by atoms with van der Waals surface area (Å²) in [4.78, 5) is 10.8. The first-order valence-corrected chi connectivity index (χ1v) is 4.75. The van der Waals surface area contributed by atoms with E-state index in [1.807, 2.05) is 0 Å². The molecule has 1 aromatic rings. The van der Waals surface area contributed by atoms with Gasteiger partial charge in [-0.25, -0.2) is 4.79 Å². The quantitative estimate of drug-likeness (QED) is 0.751.